The van der Waals surface area contributed by atoms with Crippen molar-refractivity contribution in [3.8, 4) is 5.75 Å². The molecule has 0 saturated carbocycles. The highest BCUT2D eigenvalue weighted by molar-refractivity contribution is 5.99. The molecule has 2 atom stereocenters. The maximum atomic E-state index is 12.4. The molecule has 5 heteroatoms. The van der Waals surface area contributed by atoms with Gasteiger partial charge in [0, 0.05) is 23.7 Å². The summed E-state index contributed by atoms with van der Waals surface area (Å²) in [5.74, 6) is 0.741. The van der Waals surface area contributed by atoms with Crippen LogP contribution < -0.4 is 15.0 Å². The number of carbonyl (C=O) groups excluding carboxylic acids is 1. The fourth-order valence-corrected chi connectivity index (χ4v) is 3.43. The highest BCUT2D eigenvalue weighted by Crippen LogP contribution is 2.25. The van der Waals surface area contributed by atoms with Gasteiger partial charge in [0.1, 0.15) is 17.5 Å². The second-order valence-electron chi connectivity index (χ2n) is 5.92. The van der Waals surface area contributed by atoms with E-state index in [1.54, 1.807) is 12.0 Å². The molecular formula is C17H24N3O2+. The van der Waals surface area contributed by atoms with Crippen molar-refractivity contribution < 1.29 is 14.4 Å². The first-order valence-electron chi connectivity index (χ1n) is 8.01. The number of methoxy groups -OCH3 is 1. The number of hydrogen-bond acceptors (Lipinski definition) is 2. The summed E-state index contributed by atoms with van der Waals surface area (Å²) in [6, 6.07) is 8.18. The fraction of sp³-hybridized carbons (Fsp3) is 0.471. The molecule has 1 amide bonds. The van der Waals surface area contributed by atoms with Crippen LogP contribution in [0.2, 0.25) is 0 Å². The van der Waals surface area contributed by atoms with E-state index >= 15 is 0 Å². The van der Waals surface area contributed by atoms with Crippen LogP contribution in [-0.2, 0) is 0 Å². The number of quaternary nitrogens is 1. The Morgan fingerprint density at radius 2 is 2.36 bits per heavy atom. The predicted molar refractivity (Wildman–Crippen MR) is 86.6 cm³/mol. The number of hydrogen-bond donors (Lipinski definition) is 3. The minimum Gasteiger partial charge on any atom is -0.496 e. The number of likely N-dealkylation sites (tertiary alicyclic amines) is 1. The molecular weight excluding hydrogens is 278 g/mol. The summed E-state index contributed by atoms with van der Waals surface area (Å²) in [6.07, 6.45) is 2.46. The molecule has 1 aliphatic heterocycles. The second kappa shape index (κ2) is 6.40. The van der Waals surface area contributed by atoms with Gasteiger partial charge in [-0.2, -0.15) is 0 Å². The molecule has 118 valence electrons. The molecule has 1 saturated heterocycles. The predicted octanol–water partition coefficient (Wildman–Crippen LogP) is 0.973. The molecule has 1 unspecified atom stereocenters. The Labute approximate surface area is 130 Å². The van der Waals surface area contributed by atoms with Gasteiger partial charge in [-0.15, -0.1) is 0 Å². The first kappa shape index (κ1) is 14.9. The zero-order valence-electron chi connectivity index (χ0n) is 13.2. The van der Waals surface area contributed by atoms with E-state index in [-0.39, 0.29) is 5.91 Å². The summed E-state index contributed by atoms with van der Waals surface area (Å²) in [4.78, 5) is 17.1. The summed E-state index contributed by atoms with van der Waals surface area (Å²) in [7, 11) is 1.64. The van der Waals surface area contributed by atoms with Crippen LogP contribution in [0.4, 0.5) is 0 Å². The third kappa shape index (κ3) is 2.81. The van der Waals surface area contributed by atoms with E-state index < -0.39 is 0 Å². The quantitative estimate of drug-likeness (QED) is 0.771. The molecule has 1 aromatic heterocycles. The lowest BCUT2D eigenvalue weighted by molar-refractivity contribution is -0.909. The summed E-state index contributed by atoms with van der Waals surface area (Å²) in [5.41, 5.74) is 1.52. The van der Waals surface area contributed by atoms with Crippen molar-refractivity contribution in [2.75, 3.05) is 26.7 Å². The Morgan fingerprint density at radius 3 is 3.14 bits per heavy atom. The normalized spacial score (nSPS) is 21.2. The first-order chi connectivity index (χ1) is 10.7. The number of aromatic amines is 1. The number of likely N-dealkylation sites (N-methyl/N-ethyl adjacent to an activating group) is 1. The van der Waals surface area contributed by atoms with Gasteiger partial charge in [0.05, 0.1) is 26.7 Å². The molecule has 2 aromatic rings. The second-order valence-corrected chi connectivity index (χ2v) is 5.92. The van der Waals surface area contributed by atoms with Gasteiger partial charge in [-0.1, -0.05) is 6.07 Å². The number of carbonyl (C=O) groups is 1. The average Bonchev–Trinajstić information content (AvgIpc) is 3.17. The number of aromatic nitrogens is 1. The molecule has 3 N–H and O–H groups in total. The molecule has 0 radical (unpaired) electrons. The molecule has 22 heavy (non-hydrogen) atoms. The molecule has 0 bridgehead atoms. The van der Waals surface area contributed by atoms with Crippen LogP contribution in [0.25, 0.3) is 10.9 Å². The van der Waals surface area contributed by atoms with Crippen LogP contribution in [0.5, 0.6) is 5.75 Å². The van der Waals surface area contributed by atoms with Gasteiger partial charge >= 0.3 is 0 Å². The van der Waals surface area contributed by atoms with E-state index in [1.807, 2.05) is 24.3 Å². The number of benzene rings is 1. The Morgan fingerprint density at radius 1 is 1.50 bits per heavy atom. The number of amides is 1. The van der Waals surface area contributed by atoms with Crippen molar-refractivity contribution in [3.63, 3.8) is 0 Å². The van der Waals surface area contributed by atoms with E-state index in [1.165, 1.54) is 19.4 Å². The Kier molecular flexibility index (Phi) is 4.34. The highest BCUT2D eigenvalue weighted by Gasteiger charge is 2.27. The Hall–Kier alpha value is -2.01. The van der Waals surface area contributed by atoms with Gasteiger partial charge in [-0.25, -0.2) is 0 Å². The number of rotatable bonds is 5. The lowest BCUT2D eigenvalue weighted by Gasteiger charge is -2.19. The fourth-order valence-electron chi connectivity index (χ4n) is 3.43. The summed E-state index contributed by atoms with van der Waals surface area (Å²) >= 11 is 0. The van der Waals surface area contributed by atoms with Crippen LogP contribution in [0.1, 0.15) is 30.3 Å². The van der Waals surface area contributed by atoms with Gasteiger partial charge < -0.3 is 19.9 Å². The summed E-state index contributed by atoms with van der Waals surface area (Å²) < 4.78 is 5.34. The van der Waals surface area contributed by atoms with E-state index in [0.717, 1.165) is 29.7 Å². The molecule has 5 nitrogen and oxygen atoms in total. The smallest absolute Gasteiger partial charge is 0.267 e. The first-order valence-corrected chi connectivity index (χ1v) is 8.01. The maximum absolute atomic E-state index is 12.4. The average molecular weight is 302 g/mol. The van der Waals surface area contributed by atoms with Crippen molar-refractivity contribution >= 4 is 16.8 Å². The third-order valence-electron chi connectivity index (χ3n) is 4.68. The number of fused-ring (bicyclic) bond motifs is 1. The zero-order chi connectivity index (χ0) is 15.5. The number of H-pyrrole nitrogens is 1. The molecule has 2 heterocycles. The van der Waals surface area contributed by atoms with Crippen molar-refractivity contribution in [2.24, 2.45) is 0 Å². The lowest BCUT2D eigenvalue weighted by Crippen LogP contribution is -3.14. The van der Waals surface area contributed by atoms with E-state index in [0.29, 0.717) is 11.7 Å². The number of ether oxygens (including phenoxy) is 1. The molecule has 0 spiro atoms. The summed E-state index contributed by atoms with van der Waals surface area (Å²) in [6.45, 7) is 5.30. The van der Waals surface area contributed by atoms with Gasteiger partial charge in [0.2, 0.25) is 0 Å². The van der Waals surface area contributed by atoms with Gasteiger partial charge in [-0.3, -0.25) is 4.79 Å². The molecule has 3 rings (SSSR count). The van der Waals surface area contributed by atoms with Crippen LogP contribution in [0.15, 0.2) is 24.3 Å². The van der Waals surface area contributed by atoms with Gasteiger partial charge in [0.25, 0.3) is 5.91 Å². The van der Waals surface area contributed by atoms with Gasteiger partial charge in [0.15, 0.2) is 0 Å². The van der Waals surface area contributed by atoms with E-state index in [2.05, 4.69) is 17.2 Å². The largest absolute Gasteiger partial charge is 0.496 e. The monoisotopic (exact) mass is 302 g/mol. The highest BCUT2D eigenvalue weighted by atomic mass is 16.5. The standard InChI is InChI=1S/C17H23N3O2/c1-3-20-9-5-6-12(20)11-18-17(21)15-10-13-14(19-15)7-4-8-16(13)22-2/h4,7-8,10,12,19H,3,5-6,9,11H2,1-2H3,(H,18,21)/p+1/t12-/m1/s1. The summed E-state index contributed by atoms with van der Waals surface area (Å²) in [5, 5.41) is 4.01. The van der Waals surface area contributed by atoms with Crippen LogP contribution in [0.3, 0.4) is 0 Å². The Balaban J connectivity index is 1.70. The van der Waals surface area contributed by atoms with Gasteiger partial charge in [-0.05, 0) is 25.1 Å². The van der Waals surface area contributed by atoms with Crippen molar-refractivity contribution in [2.45, 2.75) is 25.8 Å². The van der Waals surface area contributed by atoms with Crippen LogP contribution >= 0.6 is 0 Å². The zero-order valence-corrected chi connectivity index (χ0v) is 13.2. The van der Waals surface area contributed by atoms with Crippen molar-refractivity contribution in [3.05, 3.63) is 30.0 Å². The molecule has 1 aliphatic rings. The molecule has 1 aromatic carbocycles. The SMILES string of the molecule is CC[NH+]1CCC[C@@H]1CNC(=O)c1cc2c(OC)cccc2[nH]1. The van der Waals surface area contributed by atoms with Crippen molar-refractivity contribution in [1.82, 2.24) is 10.3 Å². The lowest BCUT2D eigenvalue weighted by atomic mass is 10.2. The number of nitrogens with one attached hydrogen (secondary N) is 3. The van der Waals surface area contributed by atoms with Crippen LogP contribution in [-0.4, -0.2) is 43.7 Å². The maximum Gasteiger partial charge on any atom is 0.267 e. The van der Waals surface area contributed by atoms with Crippen LogP contribution in [0, 0.1) is 0 Å². The third-order valence-corrected chi connectivity index (χ3v) is 4.68. The minimum atomic E-state index is -0.0411. The topological polar surface area (TPSA) is 58.6 Å². The molecule has 1 fully saturated rings. The van der Waals surface area contributed by atoms with Crippen molar-refractivity contribution in [1.29, 1.82) is 0 Å². The molecule has 0 aliphatic carbocycles. The van der Waals surface area contributed by atoms with E-state index in [9.17, 15) is 4.79 Å². The van der Waals surface area contributed by atoms with E-state index in [4.69, 9.17) is 4.74 Å². The Bertz CT molecular complexity index is 665. The minimum absolute atomic E-state index is 0.0411.